The fourth-order valence-corrected chi connectivity index (χ4v) is 2.52. The fraction of sp³-hybridized carbons (Fsp3) is 0.0714. The largest absolute Gasteiger partial charge is 0.478 e. The van der Waals surface area contributed by atoms with Gasteiger partial charge in [-0.25, -0.2) is 14.8 Å². The predicted octanol–water partition coefficient (Wildman–Crippen LogP) is 3.17. The van der Waals surface area contributed by atoms with Crippen molar-refractivity contribution < 1.29 is 9.90 Å². The molecule has 2 aromatic heterocycles. The van der Waals surface area contributed by atoms with Gasteiger partial charge >= 0.3 is 5.97 Å². The van der Waals surface area contributed by atoms with E-state index in [-0.39, 0.29) is 5.56 Å². The third-order valence-corrected chi connectivity index (χ3v) is 3.55. The summed E-state index contributed by atoms with van der Waals surface area (Å²) in [6.45, 7) is 0. The first-order valence-corrected chi connectivity index (χ1v) is 6.91. The Hall–Kier alpha value is -2.41. The maximum atomic E-state index is 11.3. The normalized spacial score (nSPS) is 10.8. The number of aryl methyl sites for hydroxylation is 1. The van der Waals surface area contributed by atoms with Crippen molar-refractivity contribution in [2.75, 3.05) is 5.32 Å². The zero-order valence-electron chi connectivity index (χ0n) is 11.0. The average molecular weight is 347 g/mol. The number of imidazole rings is 1. The van der Waals surface area contributed by atoms with E-state index in [1.165, 1.54) is 6.20 Å². The number of rotatable bonds is 3. The van der Waals surface area contributed by atoms with Crippen LogP contribution in [0.2, 0.25) is 0 Å². The molecular formula is C14H11BrN4O2. The van der Waals surface area contributed by atoms with Crippen LogP contribution in [0.3, 0.4) is 0 Å². The Balaban J connectivity index is 2.12. The Bertz CT molecular complexity index is 844. The summed E-state index contributed by atoms with van der Waals surface area (Å²) in [5.74, 6) is -0.501. The van der Waals surface area contributed by atoms with Crippen molar-refractivity contribution in [2.24, 2.45) is 7.05 Å². The monoisotopic (exact) mass is 346 g/mol. The second-order valence-electron chi connectivity index (χ2n) is 4.51. The number of carboxylic acid groups (broad SMARTS) is 1. The van der Waals surface area contributed by atoms with Crippen molar-refractivity contribution >= 4 is 44.4 Å². The van der Waals surface area contributed by atoms with E-state index in [1.54, 1.807) is 17.9 Å². The van der Waals surface area contributed by atoms with Gasteiger partial charge in [0.15, 0.2) is 5.82 Å². The average Bonchev–Trinajstić information content (AvgIpc) is 2.82. The smallest absolute Gasteiger partial charge is 0.339 e. The number of nitrogens with zero attached hydrogens (tertiary/aromatic N) is 3. The van der Waals surface area contributed by atoms with Crippen LogP contribution in [0.25, 0.3) is 11.0 Å². The van der Waals surface area contributed by atoms with Crippen molar-refractivity contribution in [3.05, 3.63) is 46.8 Å². The minimum absolute atomic E-state index is 0.129. The van der Waals surface area contributed by atoms with E-state index in [0.717, 1.165) is 10.2 Å². The zero-order valence-corrected chi connectivity index (χ0v) is 12.6. The van der Waals surface area contributed by atoms with Crippen LogP contribution >= 0.6 is 15.9 Å². The Morgan fingerprint density at radius 3 is 2.90 bits per heavy atom. The van der Waals surface area contributed by atoms with Gasteiger partial charge < -0.3 is 15.0 Å². The van der Waals surface area contributed by atoms with Crippen LogP contribution < -0.4 is 5.32 Å². The van der Waals surface area contributed by atoms with Gasteiger partial charge in [0.05, 0.1) is 11.8 Å². The second-order valence-corrected chi connectivity index (χ2v) is 5.43. The molecule has 0 aliphatic heterocycles. The number of nitrogens with one attached hydrogen (secondary N) is 1. The Labute approximate surface area is 128 Å². The lowest BCUT2D eigenvalue weighted by Gasteiger charge is -2.08. The van der Waals surface area contributed by atoms with Crippen LogP contribution in [-0.4, -0.2) is 25.6 Å². The maximum Gasteiger partial charge on any atom is 0.339 e. The molecular weight excluding hydrogens is 336 g/mol. The molecule has 0 radical (unpaired) electrons. The molecule has 6 nitrogen and oxygen atoms in total. The molecule has 0 fully saturated rings. The third kappa shape index (κ3) is 2.47. The van der Waals surface area contributed by atoms with Gasteiger partial charge in [0.25, 0.3) is 0 Å². The van der Waals surface area contributed by atoms with Crippen molar-refractivity contribution in [3.8, 4) is 0 Å². The lowest BCUT2D eigenvalue weighted by atomic mass is 10.2. The Morgan fingerprint density at radius 1 is 1.38 bits per heavy atom. The molecule has 0 saturated heterocycles. The molecule has 0 aliphatic carbocycles. The number of fused-ring (bicyclic) bond motifs is 1. The number of carboxylic acids is 1. The number of hydrogen-bond donors (Lipinski definition) is 2. The maximum absolute atomic E-state index is 11.3. The highest BCUT2D eigenvalue weighted by molar-refractivity contribution is 9.10. The van der Waals surface area contributed by atoms with E-state index in [1.807, 2.05) is 24.3 Å². The van der Waals surface area contributed by atoms with Crippen molar-refractivity contribution in [3.63, 3.8) is 0 Å². The zero-order chi connectivity index (χ0) is 15.0. The summed E-state index contributed by atoms with van der Waals surface area (Å²) in [6.07, 6.45) is 2.91. The van der Waals surface area contributed by atoms with E-state index in [2.05, 4.69) is 31.2 Å². The minimum Gasteiger partial charge on any atom is -0.478 e. The molecule has 0 spiro atoms. The van der Waals surface area contributed by atoms with Crippen molar-refractivity contribution in [1.82, 2.24) is 14.5 Å². The van der Waals surface area contributed by atoms with Crippen LogP contribution in [0.1, 0.15) is 10.4 Å². The summed E-state index contributed by atoms with van der Waals surface area (Å²) in [6, 6.07) is 7.62. The third-order valence-electron chi connectivity index (χ3n) is 3.06. The topological polar surface area (TPSA) is 80.0 Å². The van der Waals surface area contributed by atoms with Gasteiger partial charge in [-0.15, -0.1) is 0 Å². The number of pyridine rings is 1. The van der Waals surface area contributed by atoms with Gasteiger partial charge in [0, 0.05) is 23.4 Å². The molecule has 0 bridgehead atoms. The summed E-state index contributed by atoms with van der Waals surface area (Å²) in [5, 5.41) is 12.4. The molecule has 1 aromatic carbocycles. The molecule has 21 heavy (non-hydrogen) atoms. The second kappa shape index (κ2) is 5.17. The molecule has 106 valence electrons. The number of aromatic carboxylic acids is 1. The molecule has 0 unspecified atom stereocenters. The standard InChI is InChI=1S/C14H11BrN4O2/c1-19-7-17-11-12(19)10(14(20)21)6-16-13(11)18-9-4-2-3-8(15)5-9/h2-7H,1H3,(H,16,18)(H,20,21). The summed E-state index contributed by atoms with van der Waals surface area (Å²) in [5.41, 5.74) is 2.03. The summed E-state index contributed by atoms with van der Waals surface area (Å²) in [4.78, 5) is 19.7. The number of halogens is 1. The van der Waals surface area contributed by atoms with Crippen LogP contribution in [0.5, 0.6) is 0 Å². The number of benzene rings is 1. The predicted molar refractivity (Wildman–Crippen MR) is 82.9 cm³/mol. The van der Waals surface area contributed by atoms with Crippen LogP contribution in [0, 0.1) is 0 Å². The number of carbonyl (C=O) groups is 1. The fourth-order valence-electron chi connectivity index (χ4n) is 2.12. The van der Waals surface area contributed by atoms with Crippen LogP contribution in [0.15, 0.2) is 41.3 Å². The number of hydrogen-bond acceptors (Lipinski definition) is 4. The Morgan fingerprint density at radius 2 is 2.19 bits per heavy atom. The van der Waals surface area contributed by atoms with Gasteiger partial charge in [0.1, 0.15) is 11.1 Å². The minimum atomic E-state index is -1.02. The van der Waals surface area contributed by atoms with E-state index in [4.69, 9.17) is 0 Å². The van der Waals surface area contributed by atoms with E-state index >= 15 is 0 Å². The Kier molecular flexibility index (Phi) is 3.34. The molecule has 0 atom stereocenters. The van der Waals surface area contributed by atoms with Gasteiger partial charge in [-0.3, -0.25) is 0 Å². The molecule has 0 aliphatic rings. The summed E-state index contributed by atoms with van der Waals surface area (Å²) in [7, 11) is 1.75. The van der Waals surface area contributed by atoms with E-state index in [0.29, 0.717) is 16.9 Å². The molecule has 3 aromatic rings. The van der Waals surface area contributed by atoms with Crippen molar-refractivity contribution in [1.29, 1.82) is 0 Å². The molecule has 2 heterocycles. The van der Waals surface area contributed by atoms with Gasteiger partial charge in [-0.1, -0.05) is 22.0 Å². The molecule has 2 N–H and O–H groups in total. The first kappa shape index (κ1) is 13.6. The van der Waals surface area contributed by atoms with Gasteiger partial charge in [-0.2, -0.15) is 0 Å². The number of anilines is 2. The number of aromatic nitrogens is 3. The summed E-state index contributed by atoms with van der Waals surface area (Å²) < 4.78 is 2.61. The molecule has 0 saturated carbocycles. The molecule has 0 amide bonds. The quantitative estimate of drug-likeness (QED) is 0.761. The SMILES string of the molecule is Cn1cnc2c(Nc3cccc(Br)c3)ncc(C(=O)O)c21. The van der Waals surface area contributed by atoms with Crippen molar-refractivity contribution in [2.45, 2.75) is 0 Å². The highest BCUT2D eigenvalue weighted by Crippen LogP contribution is 2.26. The van der Waals surface area contributed by atoms with Gasteiger partial charge in [-0.05, 0) is 18.2 Å². The first-order chi connectivity index (χ1) is 10.1. The summed E-state index contributed by atoms with van der Waals surface area (Å²) >= 11 is 3.40. The molecule has 3 rings (SSSR count). The molecule has 7 heteroatoms. The first-order valence-electron chi connectivity index (χ1n) is 6.12. The lowest BCUT2D eigenvalue weighted by Crippen LogP contribution is -2.04. The van der Waals surface area contributed by atoms with E-state index < -0.39 is 5.97 Å². The highest BCUT2D eigenvalue weighted by Gasteiger charge is 2.16. The van der Waals surface area contributed by atoms with E-state index in [9.17, 15) is 9.90 Å². The lowest BCUT2D eigenvalue weighted by molar-refractivity contribution is 0.0698. The van der Waals surface area contributed by atoms with Gasteiger partial charge in [0.2, 0.25) is 0 Å². The van der Waals surface area contributed by atoms with Crippen LogP contribution in [0.4, 0.5) is 11.5 Å². The highest BCUT2D eigenvalue weighted by atomic mass is 79.9. The van der Waals surface area contributed by atoms with Crippen LogP contribution in [-0.2, 0) is 7.05 Å².